The van der Waals surface area contributed by atoms with Crippen molar-refractivity contribution in [3.05, 3.63) is 77.7 Å². The molecule has 0 aliphatic carbocycles. The second-order valence-electron chi connectivity index (χ2n) is 6.55. The highest BCUT2D eigenvalue weighted by molar-refractivity contribution is 5.98. The minimum atomic E-state index is -0.761. The van der Waals surface area contributed by atoms with Gasteiger partial charge in [-0.1, -0.05) is 48.5 Å². The third kappa shape index (κ3) is 4.06. The first-order chi connectivity index (χ1) is 13.5. The second-order valence-corrected chi connectivity index (χ2v) is 6.55. The zero-order chi connectivity index (χ0) is 20.1. The molecule has 0 saturated heterocycles. The van der Waals surface area contributed by atoms with Gasteiger partial charge in [-0.25, -0.2) is 0 Å². The number of aromatic nitrogens is 1. The van der Waals surface area contributed by atoms with Crippen LogP contribution in [0.1, 0.15) is 11.1 Å². The van der Waals surface area contributed by atoms with Crippen LogP contribution in [0.3, 0.4) is 0 Å². The number of benzene rings is 2. The van der Waals surface area contributed by atoms with Crippen LogP contribution < -0.4 is 5.32 Å². The van der Waals surface area contributed by atoms with Gasteiger partial charge in [0.15, 0.2) is 5.76 Å². The molecule has 2 amide bonds. The normalized spacial score (nSPS) is 12.6. The summed E-state index contributed by atoms with van der Waals surface area (Å²) in [5.74, 6) is -1.33. The quantitative estimate of drug-likeness (QED) is 0.456. The largest absolute Gasteiger partial charge is 0.503 e. The summed E-state index contributed by atoms with van der Waals surface area (Å²) in [5, 5.41) is 13.9. The molecule has 0 fully saturated rings. The monoisotopic (exact) mass is 377 g/mol. The lowest BCUT2D eigenvalue weighted by Gasteiger charge is -2.26. The minimum absolute atomic E-state index is 0.298. The van der Waals surface area contributed by atoms with Crippen molar-refractivity contribution < 1.29 is 14.7 Å². The van der Waals surface area contributed by atoms with Gasteiger partial charge >= 0.3 is 0 Å². The summed E-state index contributed by atoms with van der Waals surface area (Å²) in [6.07, 6.45) is 3.56. The maximum Gasteiger partial charge on any atom is 0.289 e. The fourth-order valence-electron chi connectivity index (χ4n) is 3.17. The Hall–Kier alpha value is -3.54. The Bertz CT molecular complexity index is 1010. The molecule has 6 nitrogen and oxygen atoms in total. The molecule has 0 spiro atoms. The van der Waals surface area contributed by atoms with Crippen molar-refractivity contribution in [3.63, 3.8) is 0 Å². The topological polar surface area (TPSA) is 85.4 Å². The molecule has 3 aromatic rings. The Morgan fingerprint density at radius 3 is 2.54 bits per heavy atom. The van der Waals surface area contributed by atoms with Crippen LogP contribution in [0.2, 0.25) is 0 Å². The third-order valence-corrected chi connectivity index (χ3v) is 4.75. The number of likely N-dealkylation sites (N-methyl/N-ethyl adjacent to an activating group) is 2. The summed E-state index contributed by atoms with van der Waals surface area (Å²) < 4.78 is 0. The van der Waals surface area contributed by atoms with Gasteiger partial charge in [-0.05, 0) is 23.3 Å². The van der Waals surface area contributed by atoms with E-state index in [2.05, 4.69) is 10.3 Å². The fourth-order valence-corrected chi connectivity index (χ4v) is 3.17. The van der Waals surface area contributed by atoms with Gasteiger partial charge < -0.3 is 20.3 Å². The van der Waals surface area contributed by atoms with E-state index >= 15 is 0 Å². The number of amides is 2. The van der Waals surface area contributed by atoms with E-state index in [4.69, 9.17) is 0 Å². The molecule has 1 aromatic heterocycles. The number of nitrogens with zero attached hydrogens (tertiary/aromatic N) is 1. The average Bonchev–Trinajstić information content (AvgIpc) is 3.14. The van der Waals surface area contributed by atoms with E-state index in [-0.39, 0.29) is 5.91 Å². The smallest absolute Gasteiger partial charge is 0.289 e. The van der Waals surface area contributed by atoms with Gasteiger partial charge in [0, 0.05) is 37.6 Å². The van der Waals surface area contributed by atoms with Gasteiger partial charge in [0.05, 0.1) is 0 Å². The van der Waals surface area contributed by atoms with E-state index in [0.717, 1.165) is 16.5 Å². The maximum atomic E-state index is 12.7. The summed E-state index contributed by atoms with van der Waals surface area (Å²) in [5.41, 5.74) is 2.60. The van der Waals surface area contributed by atoms with Crippen molar-refractivity contribution in [1.29, 1.82) is 0 Å². The molecule has 144 valence electrons. The van der Waals surface area contributed by atoms with E-state index in [1.54, 1.807) is 12.1 Å². The van der Waals surface area contributed by atoms with Crippen molar-refractivity contribution in [2.24, 2.45) is 0 Å². The fraction of sp³-hybridized carbons (Fsp3) is 0.182. The van der Waals surface area contributed by atoms with Crippen LogP contribution in [0, 0.1) is 0 Å². The molecule has 0 aliphatic rings. The van der Waals surface area contributed by atoms with Crippen LogP contribution in [-0.4, -0.2) is 46.9 Å². The lowest BCUT2D eigenvalue weighted by Crippen LogP contribution is -2.48. The first-order valence-electron chi connectivity index (χ1n) is 9.00. The molecule has 0 bridgehead atoms. The predicted octanol–water partition coefficient (Wildman–Crippen LogP) is 2.88. The number of H-pyrrole nitrogens is 1. The van der Waals surface area contributed by atoms with Crippen molar-refractivity contribution in [2.75, 3.05) is 14.1 Å². The molecule has 0 saturated carbocycles. The number of aromatic amines is 1. The summed E-state index contributed by atoms with van der Waals surface area (Å²) in [4.78, 5) is 29.7. The number of hydrogen-bond acceptors (Lipinski definition) is 3. The number of rotatable bonds is 6. The molecular weight excluding hydrogens is 354 g/mol. The molecule has 1 heterocycles. The van der Waals surface area contributed by atoms with E-state index < -0.39 is 17.7 Å². The third-order valence-electron chi connectivity index (χ3n) is 4.75. The number of aliphatic hydroxyl groups excluding tert-OH is 1. The Morgan fingerprint density at radius 2 is 1.82 bits per heavy atom. The molecule has 6 heteroatoms. The summed E-state index contributed by atoms with van der Waals surface area (Å²) in [6, 6.07) is 16.1. The van der Waals surface area contributed by atoms with Crippen LogP contribution in [-0.2, 0) is 16.0 Å². The molecule has 1 atom stereocenters. The van der Waals surface area contributed by atoms with Crippen molar-refractivity contribution in [2.45, 2.75) is 12.5 Å². The van der Waals surface area contributed by atoms with Crippen LogP contribution in [0.15, 0.2) is 66.6 Å². The molecule has 28 heavy (non-hydrogen) atoms. The predicted molar refractivity (Wildman–Crippen MR) is 110 cm³/mol. The SMILES string of the molecule is CNC(=O)C(Cc1c[nH]c2ccccc12)N(C)C(=O)/C(O)=C\c1ccccc1. The zero-order valence-corrected chi connectivity index (χ0v) is 15.8. The van der Waals surface area contributed by atoms with Gasteiger partial charge in [0.2, 0.25) is 5.91 Å². The lowest BCUT2D eigenvalue weighted by molar-refractivity contribution is -0.137. The van der Waals surface area contributed by atoms with Crippen LogP contribution in [0.25, 0.3) is 17.0 Å². The van der Waals surface area contributed by atoms with E-state index in [1.807, 2.05) is 48.7 Å². The molecule has 3 N–H and O–H groups in total. The Morgan fingerprint density at radius 1 is 1.14 bits per heavy atom. The highest BCUT2D eigenvalue weighted by Crippen LogP contribution is 2.21. The first kappa shape index (κ1) is 19.2. The Balaban J connectivity index is 1.85. The molecule has 1 unspecified atom stereocenters. The summed E-state index contributed by atoms with van der Waals surface area (Å²) >= 11 is 0. The Kier molecular flexibility index (Phi) is 5.79. The number of carbonyl (C=O) groups excluding carboxylic acids is 2. The molecular formula is C22H23N3O3. The van der Waals surface area contributed by atoms with Crippen molar-refractivity contribution in [3.8, 4) is 0 Å². The van der Waals surface area contributed by atoms with Crippen molar-refractivity contribution in [1.82, 2.24) is 15.2 Å². The summed E-state index contributed by atoms with van der Waals surface area (Å²) in [7, 11) is 3.05. The number of aliphatic hydroxyl groups is 1. The number of para-hydroxylation sites is 1. The maximum absolute atomic E-state index is 12.7. The number of nitrogens with one attached hydrogen (secondary N) is 2. The molecule has 0 aliphatic heterocycles. The lowest BCUT2D eigenvalue weighted by atomic mass is 10.0. The molecule has 3 rings (SSSR count). The van der Waals surface area contributed by atoms with E-state index in [9.17, 15) is 14.7 Å². The highest BCUT2D eigenvalue weighted by atomic mass is 16.3. The van der Waals surface area contributed by atoms with Gasteiger partial charge in [0.1, 0.15) is 6.04 Å². The highest BCUT2D eigenvalue weighted by Gasteiger charge is 2.29. The number of fused-ring (bicyclic) bond motifs is 1. The van der Waals surface area contributed by atoms with Crippen molar-refractivity contribution >= 4 is 28.8 Å². The Labute approximate surface area is 163 Å². The van der Waals surface area contributed by atoms with Crippen LogP contribution in [0.5, 0.6) is 0 Å². The second kappa shape index (κ2) is 8.43. The van der Waals surface area contributed by atoms with Gasteiger partial charge in [-0.3, -0.25) is 9.59 Å². The average molecular weight is 377 g/mol. The van der Waals surface area contributed by atoms with E-state index in [1.165, 1.54) is 25.1 Å². The molecule has 0 radical (unpaired) electrons. The van der Waals surface area contributed by atoms with Gasteiger partial charge in [0.25, 0.3) is 5.91 Å². The van der Waals surface area contributed by atoms with Gasteiger partial charge in [-0.15, -0.1) is 0 Å². The first-order valence-corrected chi connectivity index (χ1v) is 9.00. The zero-order valence-electron chi connectivity index (χ0n) is 15.8. The molecule has 2 aromatic carbocycles. The van der Waals surface area contributed by atoms with Crippen LogP contribution in [0.4, 0.5) is 0 Å². The van der Waals surface area contributed by atoms with E-state index in [0.29, 0.717) is 12.0 Å². The standard InChI is InChI=1S/C22H23N3O3/c1-23-21(27)19(13-16-14-24-18-11-7-6-10-17(16)18)25(2)22(28)20(26)12-15-8-4-3-5-9-15/h3-12,14,19,24,26H,13H2,1-2H3,(H,23,27)/b20-12+. The minimum Gasteiger partial charge on any atom is -0.503 e. The number of hydrogen-bond donors (Lipinski definition) is 3. The summed E-state index contributed by atoms with van der Waals surface area (Å²) in [6.45, 7) is 0. The van der Waals surface area contributed by atoms with Crippen LogP contribution >= 0.6 is 0 Å². The number of carbonyl (C=O) groups is 2. The van der Waals surface area contributed by atoms with Gasteiger partial charge in [-0.2, -0.15) is 0 Å².